The van der Waals surface area contributed by atoms with Crippen molar-refractivity contribution in [2.45, 2.75) is 53.1 Å². The van der Waals surface area contributed by atoms with E-state index in [4.69, 9.17) is 4.74 Å². The number of rotatable bonds is 11. The van der Waals surface area contributed by atoms with Gasteiger partial charge in [-0.25, -0.2) is 4.39 Å². The molecule has 1 atom stereocenters. The molecule has 6 heteroatoms. The fraction of sp³-hybridized carbons (Fsp3) is 0.333. The Kier molecular flexibility index (Phi) is 9.62. The fourth-order valence-electron chi connectivity index (χ4n) is 4.08. The van der Waals surface area contributed by atoms with Crippen LogP contribution in [0.1, 0.15) is 41.2 Å². The minimum Gasteiger partial charge on any atom is -0.483 e. The van der Waals surface area contributed by atoms with Gasteiger partial charge in [0.25, 0.3) is 5.91 Å². The molecule has 2 amide bonds. The van der Waals surface area contributed by atoms with Crippen molar-refractivity contribution in [1.82, 2.24) is 10.2 Å². The predicted octanol–water partition coefficient (Wildman–Crippen LogP) is 5.30. The summed E-state index contributed by atoms with van der Waals surface area (Å²) in [6.07, 6.45) is 1.14. The second-order valence-electron chi connectivity index (χ2n) is 9.14. The maximum Gasteiger partial charge on any atom is 0.261 e. The van der Waals surface area contributed by atoms with E-state index in [1.54, 1.807) is 17.0 Å². The average Bonchev–Trinajstić information content (AvgIpc) is 2.87. The maximum atomic E-state index is 13.6. The second-order valence-corrected chi connectivity index (χ2v) is 9.14. The monoisotopic (exact) mass is 490 g/mol. The van der Waals surface area contributed by atoms with Gasteiger partial charge >= 0.3 is 0 Å². The molecule has 3 rings (SSSR count). The van der Waals surface area contributed by atoms with Gasteiger partial charge in [0, 0.05) is 19.5 Å². The zero-order valence-electron chi connectivity index (χ0n) is 21.5. The van der Waals surface area contributed by atoms with Crippen LogP contribution in [0.5, 0.6) is 5.75 Å². The molecule has 5 nitrogen and oxygen atoms in total. The van der Waals surface area contributed by atoms with Gasteiger partial charge in [-0.1, -0.05) is 55.5 Å². The summed E-state index contributed by atoms with van der Waals surface area (Å²) in [5.41, 5.74) is 4.77. The molecule has 0 saturated carbocycles. The number of aryl methyl sites for hydroxylation is 2. The highest BCUT2D eigenvalue weighted by Gasteiger charge is 2.30. The summed E-state index contributed by atoms with van der Waals surface area (Å²) in [4.78, 5) is 28.5. The molecule has 0 bridgehead atoms. The predicted molar refractivity (Wildman–Crippen MR) is 140 cm³/mol. The van der Waals surface area contributed by atoms with Crippen LogP contribution in [0, 0.1) is 26.6 Å². The van der Waals surface area contributed by atoms with Gasteiger partial charge in [0.15, 0.2) is 6.61 Å². The molecule has 0 radical (unpaired) electrons. The van der Waals surface area contributed by atoms with E-state index in [9.17, 15) is 14.0 Å². The molecule has 1 N–H and O–H groups in total. The lowest BCUT2D eigenvalue weighted by Crippen LogP contribution is -2.51. The highest BCUT2D eigenvalue weighted by atomic mass is 19.1. The van der Waals surface area contributed by atoms with Gasteiger partial charge in [0.2, 0.25) is 5.91 Å². The smallest absolute Gasteiger partial charge is 0.261 e. The van der Waals surface area contributed by atoms with Gasteiger partial charge < -0.3 is 15.0 Å². The van der Waals surface area contributed by atoms with Crippen LogP contribution in [0.3, 0.4) is 0 Å². The van der Waals surface area contributed by atoms with E-state index >= 15 is 0 Å². The lowest BCUT2D eigenvalue weighted by Gasteiger charge is -2.31. The number of hydrogen-bond donors (Lipinski definition) is 1. The summed E-state index contributed by atoms with van der Waals surface area (Å²) >= 11 is 0. The first-order valence-electron chi connectivity index (χ1n) is 12.3. The Labute approximate surface area is 213 Å². The SMILES string of the molecule is CCCNC(=O)C(Cc1ccccc1)N(Cc1ccc(F)cc1)C(=O)COc1cc(C)cc(C)c1C. The van der Waals surface area contributed by atoms with E-state index in [0.29, 0.717) is 18.7 Å². The number of carbonyl (C=O) groups is 2. The molecule has 3 aromatic rings. The van der Waals surface area contributed by atoms with Crippen LogP contribution in [0.2, 0.25) is 0 Å². The third-order valence-corrected chi connectivity index (χ3v) is 6.20. The quantitative estimate of drug-likeness (QED) is 0.397. The van der Waals surface area contributed by atoms with Crippen LogP contribution in [-0.4, -0.2) is 35.9 Å². The molecular formula is C30H35FN2O3. The van der Waals surface area contributed by atoms with Crippen molar-refractivity contribution in [3.63, 3.8) is 0 Å². The zero-order chi connectivity index (χ0) is 26.1. The number of nitrogens with one attached hydrogen (secondary N) is 1. The number of halogens is 1. The highest BCUT2D eigenvalue weighted by Crippen LogP contribution is 2.24. The van der Waals surface area contributed by atoms with Crippen LogP contribution in [0.25, 0.3) is 0 Å². The van der Waals surface area contributed by atoms with E-state index in [-0.39, 0.29) is 30.8 Å². The third kappa shape index (κ3) is 7.41. The zero-order valence-corrected chi connectivity index (χ0v) is 21.5. The molecule has 0 heterocycles. The van der Waals surface area contributed by atoms with Gasteiger partial charge in [-0.05, 0) is 73.2 Å². The number of ether oxygens (including phenoxy) is 1. The molecule has 0 saturated heterocycles. The van der Waals surface area contributed by atoms with Crippen molar-refractivity contribution in [1.29, 1.82) is 0 Å². The van der Waals surface area contributed by atoms with Gasteiger partial charge in [-0.15, -0.1) is 0 Å². The maximum absolute atomic E-state index is 13.6. The molecule has 0 aliphatic rings. The number of carbonyl (C=O) groups excluding carboxylic acids is 2. The molecule has 1 unspecified atom stereocenters. The van der Waals surface area contributed by atoms with Crippen molar-refractivity contribution in [2.24, 2.45) is 0 Å². The number of amides is 2. The third-order valence-electron chi connectivity index (χ3n) is 6.20. The summed E-state index contributed by atoms with van der Waals surface area (Å²) in [6, 6.07) is 18.8. The Morgan fingerprint density at radius 2 is 1.67 bits per heavy atom. The number of benzene rings is 3. The Morgan fingerprint density at radius 1 is 0.972 bits per heavy atom. The minimum atomic E-state index is -0.750. The largest absolute Gasteiger partial charge is 0.483 e. The van der Waals surface area contributed by atoms with Crippen molar-refractivity contribution < 1.29 is 18.7 Å². The Morgan fingerprint density at radius 3 is 2.33 bits per heavy atom. The van der Waals surface area contributed by atoms with Crippen molar-refractivity contribution in [3.8, 4) is 5.75 Å². The van der Waals surface area contributed by atoms with Crippen LogP contribution in [0.15, 0.2) is 66.7 Å². The molecule has 0 spiro atoms. The summed E-state index contributed by atoms with van der Waals surface area (Å²) in [5.74, 6) is -0.242. The highest BCUT2D eigenvalue weighted by molar-refractivity contribution is 5.88. The molecule has 36 heavy (non-hydrogen) atoms. The molecule has 0 fully saturated rings. The lowest BCUT2D eigenvalue weighted by molar-refractivity contribution is -0.142. The van der Waals surface area contributed by atoms with Gasteiger partial charge in [0.05, 0.1) is 0 Å². The van der Waals surface area contributed by atoms with Crippen molar-refractivity contribution in [3.05, 3.63) is 100 Å². The number of nitrogens with zero attached hydrogens (tertiary/aromatic N) is 1. The minimum absolute atomic E-state index is 0.158. The van der Waals surface area contributed by atoms with Crippen molar-refractivity contribution in [2.75, 3.05) is 13.2 Å². The first kappa shape index (κ1) is 26.9. The first-order chi connectivity index (χ1) is 17.3. The normalized spacial score (nSPS) is 11.6. The van der Waals surface area contributed by atoms with Crippen LogP contribution >= 0.6 is 0 Å². The molecular weight excluding hydrogens is 455 g/mol. The summed E-state index contributed by atoms with van der Waals surface area (Å²) < 4.78 is 19.5. The average molecular weight is 491 g/mol. The lowest BCUT2D eigenvalue weighted by atomic mass is 10.0. The van der Waals surface area contributed by atoms with Crippen LogP contribution in [-0.2, 0) is 22.6 Å². The topological polar surface area (TPSA) is 58.6 Å². The molecule has 0 aromatic heterocycles. The van der Waals surface area contributed by atoms with E-state index in [1.165, 1.54) is 12.1 Å². The van der Waals surface area contributed by atoms with E-state index in [2.05, 4.69) is 11.4 Å². The Hall–Kier alpha value is -3.67. The van der Waals surface area contributed by atoms with Gasteiger partial charge in [-0.2, -0.15) is 0 Å². The summed E-state index contributed by atoms with van der Waals surface area (Å²) in [5, 5.41) is 2.95. The standard InChI is InChI=1S/C30H35FN2O3/c1-5-15-32-30(35)27(18-24-9-7-6-8-10-24)33(19-25-11-13-26(31)14-12-25)29(34)20-36-28-17-21(2)16-22(3)23(28)4/h6-14,16-17,27H,5,15,18-20H2,1-4H3,(H,32,35). The van der Waals surface area contributed by atoms with Gasteiger partial charge in [-0.3, -0.25) is 9.59 Å². The molecule has 3 aromatic carbocycles. The van der Waals surface area contributed by atoms with Crippen LogP contribution in [0.4, 0.5) is 4.39 Å². The van der Waals surface area contributed by atoms with Crippen molar-refractivity contribution >= 4 is 11.8 Å². The molecule has 0 aliphatic carbocycles. The van der Waals surface area contributed by atoms with E-state index < -0.39 is 6.04 Å². The molecule has 190 valence electrons. The Bertz CT molecular complexity index is 1160. The summed E-state index contributed by atoms with van der Waals surface area (Å²) in [7, 11) is 0. The van der Waals surface area contributed by atoms with E-state index in [1.807, 2.05) is 64.1 Å². The second kappa shape index (κ2) is 12.9. The fourth-order valence-corrected chi connectivity index (χ4v) is 4.08. The Balaban J connectivity index is 1.91. The number of hydrogen-bond acceptors (Lipinski definition) is 3. The van der Waals surface area contributed by atoms with Gasteiger partial charge in [0.1, 0.15) is 17.6 Å². The summed E-state index contributed by atoms with van der Waals surface area (Å²) in [6.45, 7) is 8.39. The van der Waals surface area contributed by atoms with E-state index in [0.717, 1.165) is 34.2 Å². The van der Waals surface area contributed by atoms with Crippen LogP contribution < -0.4 is 10.1 Å². The first-order valence-corrected chi connectivity index (χ1v) is 12.3. The molecule has 0 aliphatic heterocycles.